The van der Waals surface area contributed by atoms with Crippen molar-refractivity contribution < 1.29 is 60.3 Å². The fraction of sp³-hybridized carbons (Fsp3) is 0.833. The molecule has 9 N–H and O–H groups in total. The summed E-state index contributed by atoms with van der Waals surface area (Å²) in [6.07, 6.45) is -17.1. The van der Waals surface area contributed by atoms with Crippen molar-refractivity contribution in [3.8, 4) is 0 Å². The smallest absolute Gasteiger partial charge is 0.338 e. The average Bonchev–Trinajstić information content (AvgIpc) is 2.60. The molecule has 142 valence electrons. The Hall–Kier alpha value is -1.22. The minimum absolute atomic E-state index is 0.145. The van der Waals surface area contributed by atoms with Gasteiger partial charge in [-0.2, -0.15) is 0 Å². The van der Waals surface area contributed by atoms with Gasteiger partial charge in [-0.25, -0.2) is 4.79 Å². The van der Waals surface area contributed by atoms with Crippen molar-refractivity contribution in [1.82, 2.24) is 0 Å². The molecule has 0 aromatic rings. The normalized spacial score (nSPS) is 21.7. The average molecular weight is 358 g/mol. The van der Waals surface area contributed by atoms with Crippen LogP contribution in [0.25, 0.3) is 0 Å². The molecule has 0 rings (SSSR count). The molecule has 12 heteroatoms. The van der Waals surface area contributed by atoms with E-state index in [2.05, 4.69) is 4.74 Å². The SMILES string of the molecule is O=C[C@H](OC(=O)[C@H](O)[C@@H](O)[C@@H](O)[C@H](O)CO)[C@@H](O)[C@@H](O)[C@H](O)CO. The number of hydrogen-bond donors (Lipinski definition) is 9. The summed E-state index contributed by atoms with van der Waals surface area (Å²) in [5, 5.41) is 82.8. The van der Waals surface area contributed by atoms with E-state index < -0.39 is 68.0 Å². The zero-order valence-electron chi connectivity index (χ0n) is 12.4. The van der Waals surface area contributed by atoms with Crippen LogP contribution in [-0.4, -0.2) is 120 Å². The van der Waals surface area contributed by atoms with Gasteiger partial charge in [0, 0.05) is 0 Å². The first-order valence-corrected chi connectivity index (χ1v) is 6.76. The second-order valence-electron chi connectivity index (χ2n) is 4.94. The molecule has 0 saturated heterocycles. The van der Waals surface area contributed by atoms with Crippen LogP contribution < -0.4 is 0 Å². The molecule has 8 atom stereocenters. The van der Waals surface area contributed by atoms with E-state index in [-0.39, 0.29) is 6.29 Å². The molecule has 0 saturated carbocycles. The quantitative estimate of drug-likeness (QED) is 0.124. The molecule has 0 amide bonds. The van der Waals surface area contributed by atoms with Crippen molar-refractivity contribution in [3.63, 3.8) is 0 Å². The molecule has 0 fully saturated rings. The van der Waals surface area contributed by atoms with Crippen molar-refractivity contribution in [1.29, 1.82) is 0 Å². The minimum atomic E-state index is -2.46. The van der Waals surface area contributed by atoms with E-state index in [0.29, 0.717) is 0 Å². The lowest BCUT2D eigenvalue weighted by atomic mass is 10.0. The summed E-state index contributed by atoms with van der Waals surface area (Å²) >= 11 is 0. The number of carbonyl (C=O) groups is 2. The van der Waals surface area contributed by atoms with Crippen molar-refractivity contribution in [2.24, 2.45) is 0 Å². The lowest BCUT2D eigenvalue weighted by Crippen LogP contribution is -2.52. The van der Waals surface area contributed by atoms with Crippen LogP contribution in [0.1, 0.15) is 0 Å². The lowest BCUT2D eigenvalue weighted by molar-refractivity contribution is -0.186. The van der Waals surface area contributed by atoms with Gasteiger partial charge in [0.05, 0.1) is 13.2 Å². The Kier molecular flexibility index (Phi) is 10.1. The van der Waals surface area contributed by atoms with E-state index in [0.717, 1.165) is 0 Å². The van der Waals surface area contributed by atoms with Crippen molar-refractivity contribution >= 4 is 12.3 Å². The first kappa shape index (κ1) is 22.8. The monoisotopic (exact) mass is 358 g/mol. The fourth-order valence-electron chi connectivity index (χ4n) is 1.57. The largest absolute Gasteiger partial charge is 0.450 e. The molecular weight excluding hydrogens is 336 g/mol. The zero-order chi connectivity index (χ0) is 19.0. The van der Waals surface area contributed by atoms with Gasteiger partial charge in [-0.1, -0.05) is 0 Å². The highest BCUT2D eigenvalue weighted by Crippen LogP contribution is 2.11. The topological polar surface area (TPSA) is 225 Å². The van der Waals surface area contributed by atoms with Gasteiger partial charge in [-0.05, 0) is 0 Å². The van der Waals surface area contributed by atoms with Crippen LogP contribution in [0.5, 0.6) is 0 Å². The van der Waals surface area contributed by atoms with Crippen LogP contribution in [0, 0.1) is 0 Å². The van der Waals surface area contributed by atoms with Crippen LogP contribution in [-0.2, 0) is 14.3 Å². The number of aldehydes is 1. The zero-order valence-corrected chi connectivity index (χ0v) is 12.4. The van der Waals surface area contributed by atoms with E-state index in [4.69, 9.17) is 20.4 Å². The molecule has 0 aromatic heterocycles. The Morgan fingerprint density at radius 1 is 0.792 bits per heavy atom. The highest BCUT2D eigenvalue weighted by Gasteiger charge is 2.39. The molecule has 0 aliphatic carbocycles. The van der Waals surface area contributed by atoms with E-state index in [1.807, 2.05) is 0 Å². The standard InChI is InChI=1S/C12H22O12/c13-1-4(16)7(18)9(20)6(3-15)24-12(23)11(22)10(21)8(19)5(17)2-14/h3-11,13-14,16-22H,1-2H2/t4-,5-,6+,7+,8+,9-,10+,11-/m1/s1. The van der Waals surface area contributed by atoms with E-state index >= 15 is 0 Å². The van der Waals surface area contributed by atoms with Gasteiger partial charge in [0.1, 0.15) is 36.6 Å². The summed E-state index contributed by atoms with van der Waals surface area (Å²) in [6.45, 7) is -1.95. The second-order valence-corrected chi connectivity index (χ2v) is 4.94. The third-order valence-corrected chi connectivity index (χ3v) is 3.15. The molecule has 0 aromatic carbocycles. The van der Waals surface area contributed by atoms with Crippen LogP contribution in [0.4, 0.5) is 0 Å². The number of aliphatic hydroxyl groups is 9. The minimum Gasteiger partial charge on any atom is -0.450 e. The van der Waals surface area contributed by atoms with Gasteiger partial charge < -0.3 is 50.7 Å². The van der Waals surface area contributed by atoms with Crippen LogP contribution in [0.15, 0.2) is 0 Å². The summed E-state index contributed by atoms with van der Waals surface area (Å²) in [7, 11) is 0. The van der Waals surface area contributed by atoms with Crippen LogP contribution in [0.2, 0.25) is 0 Å². The summed E-state index contributed by atoms with van der Waals surface area (Å²) in [5.74, 6) is -1.70. The number of esters is 1. The lowest BCUT2D eigenvalue weighted by Gasteiger charge is -2.28. The number of aliphatic hydroxyl groups excluding tert-OH is 9. The van der Waals surface area contributed by atoms with E-state index in [9.17, 15) is 35.1 Å². The predicted molar refractivity (Wildman–Crippen MR) is 72.2 cm³/mol. The molecule has 24 heavy (non-hydrogen) atoms. The summed E-state index contributed by atoms with van der Waals surface area (Å²) in [4.78, 5) is 22.4. The predicted octanol–water partition coefficient (Wildman–Crippen LogP) is -6.39. The fourth-order valence-corrected chi connectivity index (χ4v) is 1.57. The molecule has 0 aliphatic heterocycles. The van der Waals surface area contributed by atoms with E-state index in [1.54, 1.807) is 0 Å². The number of carbonyl (C=O) groups excluding carboxylic acids is 2. The summed E-state index contributed by atoms with van der Waals surface area (Å²) < 4.78 is 4.35. The maximum absolute atomic E-state index is 11.6. The van der Waals surface area contributed by atoms with E-state index in [1.165, 1.54) is 0 Å². The third kappa shape index (κ3) is 6.01. The number of hydrogen-bond acceptors (Lipinski definition) is 12. The number of rotatable bonds is 11. The van der Waals surface area contributed by atoms with Gasteiger partial charge in [0.15, 0.2) is 18.5 Å². The van der Waals surface area contributed by atoms with Gasteiger partial charge in [0.2, 0.25) is 0 Å². The molecule has 0 unspecified atom stereocenters. The maximum atomic E-state index is 11.6. The molecular formula is C12H22O12. The summed E-state index contributed by atoms with van der Waals surface area (Å²) in [6, 6.07) is 0. The van der Waals surface area contributed by atoms with Gasteiger partial charge in [-0.15, -0.1) is 0 Å². The van der Waals surface area contributed by atoms with Crippen molar-refractivity contribution in [2.75, 3.05) is 13.2 Å². The Morgan fingerprint density at radius 3 is 1.58 bits per heavy atom. The molecule has 12 nitrogen and oxygen atoms in total. The molecule has 0 spiro atoms. The Balaban J connectivity index is 4.89. The summed E-state index contributed by atoms with van der Waals surface area (Å²) in [5.41, 5.74) is 0. The van der Waals surface area contributed by atoms with Gasteiger partial charge in [0.25, 0.3) is 0 Å². The van der Waals surface area contributed by atoms with Crippen LogP contribution in [0.3, 0.4) is 0 Å². The van der Waals surface area contributed by atoms with Crippen LogP contribution >= 0.6 is 0 Å². The third-order valence-electron chi connectivity index (χ3n) is 3.15. The highest BCUT2D eigenvalue weighted by molar-refractivity contribution is 5.77. The Morgan fingerprint density at radius 2 is 1.21 bits per heavy atom. The molecule has 0 heterocycles. The van der Waals surface area contributed by atoms with Crippen molar-refractivity contribution in [2.45, 2.75) is 48.8 Å². The van der Waals surface area contributed by atoms with Gasteiger partial charge >= 0.3 is 5.97 Å². The van der Waals surface area contributed by atoms with Gasteiger partial charge in [-0.3, -0.25) is 4.79 Å². The number of ether oxygens (including phenoxy) is 1. The maximum Gasteiger partial charge on any atom is 0.338 e. The molecule has 0 bridgehead atoms. The molecule has 0 aliphatic rings. The molecule has 0 radical (unpaired) electrons. The first-order chi connectivity index (χ1) is 11.1. The Labute approximate surface area is 135 Å². The highest BCUT2D eigenvalue weighted by atomic mass is 16.6. The first-order valence-electron chi connectivity index (χ1n) is 6.76. The van der Waals surface area contributed by atoms with Crippen molar-refractivity contribution in [3.05, 3.63) is 0 Å². The Bertz CT molecular complexity index is 390. The second kappa shape index (κ2) is 10.6.